The Labute approximate surface area is 94.9 Å². The van der Waals surface area contributed by atoms with Crippen molar-refractivity contribution in [2.45, 2.75) is 4.90 Å². The first-order valence-electron chi connectivity index (χ1n) is 4.38. The van der Waals surface area contributed by atoms with Crippen LogP contribution in [0, 0.1) is 5.82 Å². The molecule has 0 atom stereocenters. The quantitative estimate of drug-likeness (QED) is 0.814. The summed E-state index contributed by atoms with van der Waals surface area (Å²) >= 11 is 0. The van der Waals surface area contributed by atoms with Crippen LogP contribution < -0.4 is 10.9 Å². The molecule has 3 N–H and O–H groups in total. The summed E-state index contributed by atoms with van der Waals surface area (Å²) in [5.74, 6) is -1.68. The van der Waals surface area contributed by atoms with Gasteiger partial charge in [0.15, 0.2) is 0 Å². The van der Waals surface area contributed by atoms with Gasteiger partial charge in [0.05, 0.1) is 5.69 Å². The van der Waals surface area contributed by atoms with Crippen molar-refractivity contribution < 1.29 is 17.2 Å². The third kappa shape index (κ3) is 2.27. The van der Waals surface area contributed by atoms with Gasteiger partial charge in [0, 0.05) is 5.56 Å². The van der Waals surface area contributed by atoms with Crippen LogP contribution in [-0.4, -0.2) is 13.4 Å². The van der Waals surface area contributed by atoms with E-state index < -0.39 is 26.5 Å². The number of halogens is 1. The molecule has 0 aliphatic rings. The number of nitrogens with two attached hydrogens (primary N) is 1. The standard InChI is InChI=1S/C9H7FN2O4S/c10-6-3-5(7-4-16-9(13)12-7)1-2-8(6)17(11,14)15/h1-4H,(H,12,13)(H2,11,14,15). The molecule has 0 saturated carbocycles. The van der Waals surface area contributed by atoms with Gasteiger partial charge in [0.2, 0.25) is 10.0 Å². The van der Waals surface area contributed by atoms with Crippen molar-refractivity contribution in [3.8, 4) is 11.3 Å². The Morgan fingerprint density at radius 3 is 2.53 bits per heavy atom. The minimum absolute atomic E-state index is 0.245. The highest BCUT2D eigenvalue weighted by atomic mass is 32.2. The fraction of sp³-hybridized carbons (Fsp3) is 0. The molecule has 0 saturated heterocycles. The van der Waals surface area contributed by atoms with Crippen LogP contribution in [0.15, 0.2) is 38.6 Å². The van der Waals surface area contributed by atoms with Crippen LogP contribution in [0.1, 0.15) is 0 Å². The molecule has 0 radical (unpaired) electrons. The molecular weight excluding hydrogens is 251 g/mol. The largest absolute Gasteiger partial charge is 0.416 e. The molecule has 1 aromatic carbocycles. The van der Waals surface area contributed by atoms with Crippen molar-refractivity contribution >= 4 is 10.0 Å². The topological polar surface area (TPSA) is 106 Å². The van der Waals surface area contributed by atoms with E-state index in [1.165, 1.54) is 6.07 Å². The van der Waals surface area contributed by atoms with E-state index in [0.717, 1.165) is 18.4 Å². The van der Waals surface area contributed by atoms with Gasteiger partial charge in [0.1, 0.15) is 17.0 Å². The van der Waals surface area contributed by atoms with Gasteiger partial charge in [-0.3, -0.25) is 4.98 Å². The molecule has 17 heavy (non-hydrogen) atoms. The van der Waals surface area contributed by atoms with Crippen LogP contribution in [0.5, 0.6) is 0 Å². The summed E-state index contributed by atoms with van der Waals surface area (Å²) in [5, 5.41) is 4.81. The third-order valence-electron chi connectivity index (χ3n) is 2.07. The van der Waals surface area contributed by atoms with E-state index in [1.807, 2.05) is 0 Å². The summed E-state index contributed by atoms with van der Waals surface area (Å²) in [6.07, 6.45) is 1.10. The lowest BCUT2D eigenvalue weighted by molar-refractivity contribution is 0.515. The maximum Gasteiger partial charge on any atom is 0.416 e. The molecule has 6 nitrogen and oxygen atoms in total. The molecule has 1 aromatic heterocycles. The van der Waals surface area contributed by atoms with E-state index in [0.29, 0.717) is 0 Å². The number of oxazole rings is 1. The maximum absolute atomic E-state index is 13.5. The number of benzene rings is 1. The lowest BCUT2D eigenvalue weighted by atomic mass is 10.2. The average molecular weight is 258 g/mol. The van der Waals surface area contributed by atoms with Gasteiger partial charge >= 0.3 is 5.76 Å². The minimum atomic E-state index is -4.10. The van der Waals surface area contributed by atoms with Crippen molar-refractivity contribution in [3.63, 3.8) is 0 Å². The summed E-state index contributed by atoms with van der Waals surface area (Å²) in [6, 6.07) is 3.27. The van der Waals surface area contributed by atoms with E-state index >= 15 is 0 Å². The number of sulfonamides is 1. The van der Waals surface area contributed by atoms with Gasteiger partial charge in [-0.15, -0.1) is 0 Å². The molecule has 2 aromatic rings. The Morgan fingerprint density at radius 2 is 2.06 bits per heavy atom. The molecule has 0 unspecified atom stereocenters. The molecular formula is C9H7FN2O4S. The van der Waals surface area contributed by atoms with Gasteiger partial charge in [-0.1, -0.05) is 6.07 Å². The summed E-state index contributed by atoms with van der Waals surface area (Å²) in [4.78, 5) is 12.4. The molecule has 0 bridgehead atoms. The lowest BCUT2D eigenvalue weighted by Crippen LogP contribution is -2.13. The van der Waals surface area contributed by atoms with Gasteiger partial charge in [-0.05, 0) is 12.1 Å². The van der Waals surface area contributed by atoms with Crippen LogP contribution >= 0.6 is 0 Å². The third-order valence-corrected chi connectivity index (χ3v) is 3.01. The second-order valence-electron chi connectivity index (χ2n) is 3.25. The van der Waals surface area contributed by atoms with Crippen molar-refractivity contribution in [1.82, 2.24) is 4.98 Å². The zero-order valence-corrected chi connectivity index (χ0v) is 9.12. The lowest BCUT2D eigenvalue weighted by Gasteiger charge is -2.02. The summed E-state index contributed by atoms with van der Waals surface area (Å²) in [5.41, 5.74) is 0.524. The van der Waals surface area contributed by atoms with Crippen molar-refractivity contribution in [3.05, 3.63) is 40.8 Å². The average Bonchev–Trinajstić information content (AvgIpc) is 2.62. The molecule has 8 heteroatoms. The summed E-state index contributed by atoms with van der Waals surface area (Å²) in [6.45, 7) is 0. The Balaban J connectivity index is 2.55. The van der Waals surface area contributed by atoms with Crippen molar-refractivity contribution in [2.24, 2.45) is 5.14 Å². The predicted molar refractivity (Wildman–Crippen MR) is 56.1 cm³/mol. The van der Waals surface area contributed by atoms with Crippen LogP contribution in [0.4, 0.5) is 4.39 Å². The molecule has 0 aliphatic carbocycles. The first-order valence-corrected chi connectivity index (χ1v) is 5.93. The fourth-order valence-corrected chi connectivity index (χ4v) is 1.91. The number of rotatable bonds is 2. The fourth-order valence-electron chi connectivity index (χ4n) is 1.32. The second kappa shape index (κ2) is 3.82. The minimum Gasteiger partial charge on any atom is -0.416 e. The highest BCUT2D eigenvalue weighted by Crippen LogP contribution is 2.21. The molecule has 0 aliphatic heterocycles. The number of aromatic nitrogens is 1. The number of hydrogen-bond acceptors (Lipinski definition) is 4. The molecule has 0 fully saturated rings. The van der Waals surface area contributed by atoms with Crippen molar-refractivity contribution in [1.29, 1.82) is 0 Å². The number of H-pyrrole nitrogens is 1. The van der Waals surface area contributed by atoms with Gasteiger partial charge in [0.25, 0.3) is 0 Å². The van der Waals surface area contributed by atoms with E-state index in [4.69, 9.17) is 5.14 Å². The monoisotopic (exact) mass is 258 g/mol. The second-order valence-corrected chi connectivity index (χ2v) is 4.78. The number of primary sulfonamides is 1. The molecule has 90 valence electrons. The van der Waals surface area contributed by atoms with Gasteiger partial charge in [-0.2, -0.15) is 0 Å². The van der Waals surface area contributed by atoms with Crippen molar-refractivity contribution in [2.75, 3.05) is 0 Å². The van der Waals surface area contributed by atoms with E-state index in [9.17, 15) is 17.6 Å². The highest BCUT2D eigenvalue weighted by Gasteiger charge is 2.15. The Bertz CT molecular complexity index is 717. The smallest absolute Gasteiger partial charge is 0.416 e. The number of hydrogen-bond donors (Lipinski definition) is 2. The first-order chi connectivity index (χ1) is 7.88. The zero-order chi connectivity index (χ0) is 12.6. The van der Waals surface area contributed by atoms with E-state index in [-0.39, 0.29) is 11.3 Å². The van der Waals surface area contributed by atoms with Crippen LogP contribution in [0.2, 0.25) is 0 Å². The summed E-state index contributed by atoms with van der Waals surface area (Å²) in [7, 11) is -4.10. The van der Waals surface area contributed by atoms with Crippen LogP contribution in [0.25, 0.3) is 11.3 Å². The Hall–Kier alpha value is -1.93. The molecule has 1 heterocycles. The van der Waals surface area contributed by atoms with Gasteiger partial charge < -0.3 is 4.42 Å². The van der Waals surface area contributed by atoms with Gasteiger partial charge in [-0.25, -0.2) is 22.7 Å². The zero-order valence-electron chi connectivity index (χ0n) is 8.31. The maximum atomic E-state index is 13.5. The van der Waals surface area contributed by atoms with Crippen LogP contribution in [-0.2, 0) is 10.0 Å². The number of nitrogens with one attached hydrogen (secondary N) is 1. The summed E-state index contributed by atoms with van der Waals surface area (Å²) < 4.78 is 39.9. The Morgan fingerprint density at radius 1 is 1.35 bits per heavy atom. The predicted octanol–water partition coefficient (Wildman–Crippen LogP) is 0.421. The SMILES string of the molecule is NS(=O)(=O)c1ccc(-c2coc(=O)[nH]2)cc1F. The molecule has 0 spiro atoms. The van der Waals surface area contributed by atoms with Crippen LogP contribution in [0.3, 0.4) is 0 Å². The molecule has 0 amide bonds. The van der Waals surface area contributed by atoms with E-state index in [2.05, 4.69) is 9.40 Å². The Kier molecular flexibility index (Phi) is 2.60. The van der Waals surface area contributed by atoms with E-state index in [1.54, 1.807) is 0 Å². The molecule has 2 rings (SSSR count). The number of aromatic amines is 1. The first kappa shape index (κ1) is 11.6. The highest BCUT2D eigenvalue weighted by molar-refractivity contribution is 7.89. The normalized spacial score (nSPS) is 11.6.